The van der Waals surface area contributed by atoms with Crippen LogP contribution in [-0.4, -0.2) is 15.0 Å². The van der Waals surface area contributed by atoms with Gasteiger partial charge in [0.05, 0.1) is 5.41 Å². The number of rotatable bonds is 19. The highest BCUT2D eigenvalue weighted by Crippen LogP contribution is 2.59. The first-order chi connectivity index (χ1) is 56.8. The van der Waals surface area contributed by atoms with Crippen LogP contribution in [0, 0.1) is 0 Å². The third-order valence-electron chi connectivity index (χ3n) is 22.5. The maximum atomic E-state index is 5.82. The van der Waals surface area contributed by atoms with E-state index >= 15 is 0 Å². The third-order valence-corrected chi connectivity index (χ3v) is 22.5. The van der Waals surface area contributed by atoms with Gasteiger partial charge in [-0.25, -0.2) is 15.0 Å². The summed E-state index contributed by atoms with van der Waals surface area (Å²) in [5.74, 6) is 1.65. The quantitative estimate of drug-likeness (QED) is 0.0758. The highest BCUT2D eigenvalue weighted by Gasteiger charge is 2.47. The summed E-state index contributed by atoms with van der Waals surface area (Å²) in [6, 6.07) is 157. The molecule has 19 rings (SSSR count). The molecule has 1 unspecified atom stereocenters. The predicted octanol–water partition coefficient (Wildman–Crippen LogP) is 29.1. The molecule has 18 aromatic rings. The van der Waals surface area contributed by atoms with Gasteiger partial charge in [0, 0.05) is 16.7 Å². The van der Waals surface area contributed by atoms with Crippen LogP contribution < -0.4 is 0 Å². The van der Waals surface area contributed by atoms with Gasteiger partial charge in [0.2, 0.25) is 0 Å². The zero-order valence-electron chi connectivity index (χ0n) is 63.8. The largest absolute Gasteiger partial charge is 0.208 e. The number of allylic oxidation sites excluding steroid dienone is 4. The molecule has 0 saturated carbocycles. The fourth-order valence-electron chi connectivity index (χ4n) is 16.7. The molecule has 1 atom stereocenters. The minimum atomic E-state index is -1.03. The molecule has 0 radical (unpaired) electrons. The Bertz CT molecular complexity index is 6270. The summed E-state index contributed by atoms with van der Waals surface area (Å²) in [7, 11) is 0. The molecule has 115 heavy (non-hydrogen) atoms. The predicted molar refractivity (Wildman–Crippen MR) is 481 cm³/mol. The molecule has 3 heteroatoms. The number of fused-ring (bicyclic) bond motifs is 3. The Labute approximate surface area is 673 Å². The first-order valence-corrected chi connectivity index (χ1v) is 39.6. The van der Waals surface area contributed by atoms with Gasteiger partial charge >= 0.3 is 0 Å². The maximum absolute atomic E-state index is 5.82. The van der Waals surface area contributed by atoms with Gasteiger partial charge in [0.15, 0.2) is 17.5 Å². The fraction of sp³-hybridized carbons (Fsp3) is 0.0268. The lowest BCUT2D eigenvalue weighted by Gasteiger charge is -2.36. The zero-order valence-corrected chi connectivity index (χ0v) is 63.8. The second-order valence-electron chi connectivity index (χ2n) is 29.8. The molecule has 1 heterocycles. The summed E-state index contributed by atoms with van der Waals surface area (Å²) in [5.41, 5.74) is 33.9. The zero-order chi connectivity index (χ0) is 76.9. The lowest BCUT2D eigenvalue weighted by atomic mass is 9.66. The number of hydrogen-bond acceptors (Lipinski definition) is 3. The van der Waals surface area contributed by atoms with Gasteiger partial charge in [-0.2, -0.15) is 0 Å². The molecule has 3 nitrogen and oxygen atoms in total. The minimum absolute atomic E-state index is 0.545. The number of hydrogen-bond donors (Lipinski definition) is 0. The first-order valence-electron chi connectivity index (χ1n) is 39.6. The number of aromatic nitrogens is 3. The molecular weight excluding hydrogens is 1390 g/mol. The Morgan fingerprint density at radius 1 is 0.226 bits per heavy atom. The maximum Gasteiger partial charge on any atom is 0.164 e. The highest BCUT2D eigenvalue weighted by atomic mass is 15.0. The SMILES string of the molecule is CC(=CC=CCc1ccccc1)c1cc(-c2cccc(-c3ccccc3)c2)cc(C2(c3cc(-c4cccc(-c5ccccc5)c4)cc(-c4cccc(-c5ccccc5)c4)c3)c3ccccc3-c3ccc(-c4nc(-c5cc(-c6ccccc6)cc(-c6ccccc6)c5)nc(-c5cc(-c6ccccc6)cc(-c6ccccc6)c5)n4)cc32)c1. The van der Waals surface area contributed by atoms with Crippen molar-refractivity contribution in [1.29, 1.82) is 0 Å². The summed E-state index contributed by atoms with van der Waals surface area (Å²) in [6.45, 7) is 2.27. The van der Waals surface area contributed by atoms with Crippen LogP contribution in [0.25, 0.3) is 162 Å². The molecule has 0 fully saturated rings. The standard InChI is InChI=1S/C112H79N3/c1-77(33-26-27-36-78-34-10-2-11-35-78)93-64-98(89-54-30-51-86(61-89)79-37-12-3-13-38-79)73-103(72-93)112(104-74-99(90-55-31-52-87(62-90)80-39-14-4-15-40-80)67-100(75-104)91-56-32-53-88(63-91)81-41-16-5-17-42-81)107-58-29-28-57-105(107)106-60-59-92(76-108(106)112)109-113-110(101-68-94(82-43-18-6-19-44-82)65-95(69-101)83-45-20-7-21-46-83)115-111(114-109)102-70-96(84-47-22-8-23-48-84)66-97(71-102)85-49-24-9-25-50-85/h2-35,37-76H,36H2,1H3. The fourth-order valence-corrected chi connectivity index (χ4v) is 16.7. The average Bonchev–Trinajstić information content (AvgIpc) is 1.54. The Morgan fingerprint density at radius 3 is 0.913 bits per heavy atom. The second kappa shape index (κ2) is 31.5. The van der Waals surface area contributed by atoms with Crippen LogP contribution in [0.5, 0.6) is 0 Å². The topological polar surface area (TPSA) is 38.7 Å². The van der Waals surface area contributed by atoms with Gasteiger partial charge in [-0.1, -0.05) is 352 Å². The lowest BCUT2D eigenvalue weighted by molar-refractivity contribution is 0.769. The van der Waals surface area contributed by atoms with Crippen LogP contribution >= 0.6 is 0 Å². The number of nitrogens with zero attached hydrogens (tertiary/aromatic N) is 3. The van der Waals surface area contributed by atoms with Crippen molar-refractivity contribution in [2.24, 2.45) is 0 Å². The van der Waals surface area contributed by atoms with Crippen LogP contribution in [0.15, 0.2) is 449 Å². The molecule has 0 amide bonds. The normalized spacial score (nSPS) is 13.0. The molecule has 0 spiro atoms. The highest BCUT2D eigenvalue weighted by molar-refractivity contribution is 5.93. The Morgan fingerprint density at radius 2 is 0.513 bits per heavy atom. The molecular formula is C112H79N3. The monoisotopic (exact) mass is 1470 g/mol. The summed E-state index contributed by atoms with van der Waals surface area (Å²) in [5, 5.41) is 0. The molecule has 0 saturated heterocycles. The van der Waals surface area contributed by atoms with E-state index in [2.05, 4.69) is 456 Å². The Kier molecular flexibility index (Phi) is 19.4. The first kappa shape index (κ1) is 70.6. The van der Waals surface area contributed by atoms with E-state index in [0.717, 1.165) is 173 Å². The van der Waals surface area contributed by atoms with E-state index in [4.69, 9.17) is 15.0 Å². The van der Waals surface area contributed by atoms with Crippen LogP contribution in [0.2, 0.25) is 0 Å². The van der Waals surface area contributed by atoms with Crippen molar-refractivity contribution >= 4 is 5.57 Å². The van der Waals surface area contributed by atoms with Gasteiger partial charge < -0.3 is 0 Å². The van der Waals surface area contributed by atoms with Crippen molar-refractivity contribution in [2.45, 2.75) is 18.8 Å². The molecule has 0 bridgehead atoms. The van der Waals surface area contributed by atoms with Crippen molar-refractivity contribution in [2.75, 3.05) is 0 Å². The van der Waals surface area contributed by atoms with E-state index in [1.165, 1.54) is 11.1 Å². The molecule has 0 aliphatic heterocycles. The lowest BCUT2D eigenvalue weighted by Crippen LogP contribution is -2.29. The Balaban J connectivity index is 0.908. The van der Waals surface area contributed by atoms with Crippen LogP contribution in [0.4, 0.5) is 0 Å². The third kappa shape index (κ3) is 14.5. The van der Waals surface area contributed by atoms with Crippen LogP contribution in [0.1, 0.15) is 40.3 Å². The average molecular weight is 1470 g/mol. The molecule has 542 valence electrons. The van der Waals surface area contributed by atoms with Crippen molar-refractivity contribution in [3.05, 3.63) is 482 Å². The van der Waals surface area contributed by atoms with Crippen LogP contribution in [-0.2, 0) is 11.8 Å². The van der Waals surface area contributed by atoms with E-state index in [-0.39, 0.29) is 0 Å². The van der Waals surface area contributed by atoms with Gasteiger partial charge in [0.25, 0.3) is 0 Å². The molecule has 1 aromatic heterocycles. The van der Waals surface area contributed by atoms with E-state index < -0.39 is 5.41 Å². The van der Waals surface area contributed by atoms with Crippen molar-refractivity contribution in [3.8, 4) is 157 Å². The van der Waals surface area contributed by atoms with Gasteiger partial charge in [-0.05, 0) is 272 Å². The Hall–Kier alpha value is -14.8. The summed E-state index contributed by atoms with van der Waals surface area (Å²) < 4.78 is 0. The van der Waals surface area contributed by atoms with Crippen LogP contribution in [0.3, 0.4) is 0 Å². The van der Waals surface area contributed by atoms with Crippen molar-refractivity contribution in [1.82, 2.24) is 15.0 Å². The molecule has 1 aliphatic rings. The number of benzene rings is 17. The van der Waals surface area contributed by atoms with E-state index in [1.807, 2.05) is 0 Å². The summed E-state index contributed by atoms with van der Waals surface area (Å²) in [6.07, 6.45) is 7.61. The van der Waals surface area contributed by atoms with E-state index in [1.54, 1.807) is 0 Å². The molecule has 1 aliphatic carbocycles. The van der Waals surface area contributed by atoms with Gasteiger partial charge in [-0.15, -0.1) is 0 Å². The summed E-state index contributed by atoms with van der Waals surface area (Å²) >= 11 is 0. The van der Waals surface area contributed by atoms with E-state index in [0.29, 0.717) is 17.5 Å². The van der Waals surface area contributed by atoms with Gasteiger partial charge in [-0.3, -0.25) is 0 Å². The summed E-state index contributed by atoms with van der Waals surface area (Å²) in [4.78, 5) is 17.3. The minimum Gasteiger partial charge on any atom is -0.208 e. The van der Waals surface area contributed by atoms with Crippen molar-refractivity contribution < 1.29 is 0 Å². The molecule has 0 N–H and O–H groups in total. The van der Waals surface area contributed by atoms with Crippen molar-refractivity contribution in [3.63, 3.8) is 0 Å². The van der Waals surface area contributed by atoms with Gasteiger partial charge in [0.1, 0.15) is 0 Å². The van der Waals surface area contributed by atoms with E-state index in [9.17, 15) is 0 Å². The smallest absolute Gasteiger partial charge is 0.164 e. The second-order valence-corrected chi connectivity index (χ2v) is 29.8. The molecule has 17 aromatic carbocycles.